The lowest BCUT2D eigenvalue weighted by molar-refractivity contribution is -0.166. The first-order valence-electron chi connectivity index (χ1n) is 2.32. The predicted octanol–water partition coefficient (Wildman–Crippen LogP) is -1.20. The van der Waals surface area contributed by atoms with Gasteiger partial charge in [-0.25, -0.2) is 4.79 Å². The van der Waals surface area contributed by atoms with Gasteiger partial charge in [0, 0.05) is 0 Å². The van der Waals surface area contributed by atoms with Gasteiger partial charge in [0.25, 0.3) is 0 Å². The summed E-state index contributed by atoms with van der Waals surface area (Å²) in [6.45, 7) is 0.372. The number of hydrogen-bond acceptors (Lipinski definition) is 3. The Kier molecular flexibility index (Phi) is 1.19. The van der Waals surface area contributed by atoms with E-state index in [1.165, 1.54) is 0 Å². The van der Waals surface area contributed by atoms with E-state index in [0.29, 0.717) is 6.61 Å². The van der Waals surface area contributed by atoms with Crippen molar-refractivity contribution < 1.29 is 14.6 Å². The number of ether oxygens (including phenoxy) is 1. The molecule has 0 aromatic carbocycles. The Hall–Kier alpha value is -0.610. The Balaban J connectivity index is 2.37. The van der Waals surface area contributed by atoms with Gasteiger partial charge in [0.05, 0.1) is 12.6 Å². The van der Waals surface area contributed by atoms with Crippen LogP contribution in [0.2, 0.25) is 0 Å². The van der Waals surface area contributed by atoms with Gasteiger partial charge in [-0.1, -0.05) is 0 Å². The fraction of sp³-hybridized carbons (Fsp3) is 0.750. The monoisotopic (exact) mass is 117 g/mol. The van der Waals surface area contributed by atoms with E-state index in [0.717, 1.165) is 0 Å². The molecule has 1 rings (SSSR count). The van der Waals surface area contributed by atoms with Gasteiger partial charge in [-0.3, -0.25) is 0 Å². The number of carboxylic acid groups (broad SMARTS) is 1. The highest BCUT2D eigenvalue weighted by molar-refractivity contribution is 5.74. The third-order valence-corrected chi connectivity index (χ3v) is 1.10. The van der Waals surface area contributed by atoms with Gasteiger partial charge in [-0.2, -0.15) is 0 Å². The van der Waals surface area contributed by atoms with Gasteiger partial charge < -0.3 is 15.6 Å². The van der Waals surface area contributed by atoms with Gasteiger partial charge in [0.15, 0.2) is 6.10 Å². The number of carbonyl (C=O) groups is 1. The summed E-state index contributed by atoms with van der Waals surface area (Å²) in [5, 5.41) is 8.20. The van der Waals surface area contributed by atoms with Crippen molar-refractivity contribution in [2.24, 2.45) is 5.73 Å². The molecule has 0 spiro atoms. The van der Waals surface area contributed by atoms with Crippen molar-refractivity contribution in [2.45, 2.75) is 12.1 Å². The summed E-state index contributed by atoms with van der Waals surface area (Å²) in [6.07, 6.45) is -0.755. The van der Waals surface area contributed by atoms with Crippen LogP contribution in [0.5, 0.6) is 0 Å². The zero-order valence-electron chi connectivity index (χ0n) is 4.20. The van der Waals surface area contributed by atoms with Crippen LogP contribution in [0, 0.1) is 0 Å². The van der Waals surface area contributed by atoms with E-state index in [1.54, 1.807) is 0 Å². The van der Waals surface area contributed by atoms with Gasteiger partial charge in [-0.05, 0) is 0 Å². The molecule has 0 aliphatic carbocycles. The molecule has 0 aromatic rings. The summed E-state index contributed by atoms with van der Waals surface area (Å²) in [5.41, 5.74) is 5.22. The van der Waals surface area contributed by atoms with Crippen LogP contribution in [0.25, 0.3) is 0 Å². The van der Waals surface area contributed by atoms with E-state index in [-0.39, 0.29) is 6.04 Å². The number of carboxylic acids is 1. The molecule has 4 heteroatoms. The topological polar surface area (TPSA) is 72.5 Å². The van der Waals surface area contributed by atoms with E-state index in [9.17, 15) is 4.79 Å². The summed E-state index contributed by atoms with van der Waals surface area (Å²) >= 11 is 0. The molecule has 1 aliphatic rings. The quantitative estimate of drug-likeness (QED) is 0.452. The van der Waals surface area contributed by atoms with Crippen molar-refractivity contribution in [1.82, 2.24) is 0 Å². The van der Waals surface area contributed by atoms with Gasteiger partial charge in [-0.15, -0.1) is 0 Å². The van der Waals surface area contributed by atoms with Crippen LogP contribution in [0.15, 0.2) is 0 Å². The molecule has 2 unspecified atom stereocenters. The zero-order chi connectivity index (χ0) is 6.15. The van der Waals surface area contributed by atoms with Crippen molar-refractivity contribution in [2.75, 3.05) is 6.61 Å². The molecule has 1 fully saturated rings. The molecule has 0 bridgehead atoms. The average Bonchev–Trinajstić information content (AvgIpc) is 1.61. The molecule has 0 saturated carbocycles. The van der Waals surface area contributed by atoms with Crippen molar-refractivity contribution >= 4 is 5.97 Å². The van der Waals surface area contributed by atoms with Crippen molar-refractivity contribution in [3.05, 3.63) is 0 Å². The van der Waals surface area contributed by atoms with Crippen molar-refractivity contribution in [3.8, 4) is 0 Å². The first-order valence-corrected chi connectivity index (χ1v) is 2.32. The highest BCUT2D eigenvalue weighted by Crippen LogP contribution is 2.08. The molecule has 4 nitrogen and oxygen atoms in total. The second-order valence-corrected chi connectivity index (χ2v) is 1.76. The summed E-state index contributed by atoms with van der Waals surface area (Å²) in [6, 6.07) is -0.299. The number of hydrogen-bond donors (Lipinski definition) is 2. The Morgan fingerprint density at radius 2 is 2.50 bits per heavy atom. The van der Waals surface area contributed by atoms with Crippen LogP contribution in [-0.4, -0.2) is 29.8 Å². The molecule has 2 atom stereocenters. The minimum Gasteiger partial charge on any atom is -0.479 e. The summed E-state index contributed by atoms with van der Waals surface area (Å²) in [7, 11) is 0. The molecule has 8 heavy (non-hydrogen) atoms. The van der Waals surface area contributed by atoms with Crippen LogP contribution in [0.3, 0.4) is 0 Å². The lowest BCUT2D eigenvalue weighted by Crippen LogP contribution is -2.55. The number of nitrogens with two attached hydrogens (primary N) is 1. The van der Waals surface area contributed by atoms with Crippen LogP contribution >= 0.6 is 0 Å². The molecule has 3 N–H and O–H groups in total. The molecule has 0 amide bonds. The minimum absolute atomic E-state index is 0.299. The minimum atomic E-state index is -0.969. The molecule has 1 saturated heterocycles. The maximum atomic E-state index is 9.99. The molecular formula is C4H7NO3. The lowest BCUT2D eigenvalue weighted by Gasteiger charge is -2.29. The summed E-state index contributed by atoms with van der Waals surface area (Å²) in [5.74, 6) is -0.969. The fourth-order valence-electron chi connectivity index (χ4n) is 0.558. The Morgan fingerprint density at radius 1 is 1.88 bits per heavy atom. The highest BCUT2D eigenvalue weighted by Gasteiger charge is 2.34. The van der Waals surface area contributed by atoms with Crippen molar-refractivity contribution in [1.29, 1.82) is 0 Å². The van der Waals surface area contributed by atoms with Gasteiger partial charge in [0.1, 0.15) is 0 Å². The molecule has 0 radical (unpaired) electrons. The van der Waals surface area contributed by atoms with E-state index >= 15 is 0 Å². The summed E-state index contributed by atoms with van der Waals surface area (Å²) < 4.78 is 4.58. The lowest BCUT2D eigenvalue weighted by atomic mass is 10.1. The SMILES string of the molecule is NC1COC1C(=O)O. The summed E-state index contributed by atoms with van der Waals surface area (Å²) in [4.78, 5) is 9.99. The number of aliphatic carboxylic acids is 1. The standard InChI is InChI=1S/C4H7NO3/c5-2-1-8-3(2)4(6)7/h2-3H,1,5H2,(H,6,7). The smallest absolute Gasteiger partial charge is 0.334 e. The number of rotatable bonds is 1. The maximum absolute atomic E-state index is 9.99. The molecule has 0 aromatic heterocycles. The highest BCUT2D eigenvalue weighted by atomic mass is 16.5. The first-order chi connectivity index (χ1) is 3.72. The average molecular weight is 117 g/mol. The van der Waals surface area contributed by atoms with Crippen LogP contribution in [-0.2, 0) is 9.53 Å². The zero-order valence-corrected chi connectivity index (χ0v) is 4.20. The van der Waals surface area contributed by atoms with E-state index in [4.69, 9.17) is 10.8 Å². The van der Waals surface area contributed by atoms with Crippen LogP contribution < -0.4 is 5.73 Å². The Morgan fingerprint density at radius 3 is 2.50 bits per heavy atom. The van der Waals surface area contributed by atoms with Gasteiger partial charge in [0.2, 0.25) is 0 Å². The second-order valence-electron chi connectivity index (χ2n) is 1.76. The predicted molar refractivity (Wildman–Crippen MR) is 25.4 cm³/mol. The molecular weight excluding hydrogens is 110 g/mol. The molecule has 46 valence electrons. The largest absolute Gasteiger partial charge is 0.479 e. The Labute approximate surface area is 46.2 Å². The van der Waals surface area contributed by atoms with Crippen LogP contribution in [0.4, 0.5) is 0 Å². The Bertz CT molecular complexity index is 114. The third kappa shape index (κ3) is 0.677. The maximum Gasteiger partial charge on any atom is 0.334 e. The molecule has 1 aliphatic heterocycles. The molecule has 1 heterocycles. The van der Waals surface area contributed by atoms with Gasteiger partial charge >= 0.3 is 5.97 Å². The van der Waals surface area contributed by atoms with E-state index in [2.05, 4.69) is 4.74 Å². The van der Waals surface area contributed by atoms with Crippen LogP contribution in [0.1, 0.15) is 0 Å². The third-order valence-electron chi connectivity index (χ3n) is 1.10. The first kappa shape index (κ1) is 5.53. The van der Waals surface area contributed by atoms with E-state index < -0.39 is 12.1 Å². The van der Waals surface area contributed by atoms with Crippen molar-refractivity contribution in [3.63, 3.8) is 0 Å². The second kappa shape index (κ2) is 1.72. The normalized spacial score (nSPS) is 36.1. The fourth-order valence-corrected chi connectivity index (χ4v) is 0.558. The van der Waals surface area contributed by atoms with E-state index in [1.807, 2.05) is 0 Å².